The van der Waals surface area contributed by atoms with Crippen LogP contribution in [0.25, 0.3) is 0 Å². The number of carbonyl (C=O) groups excluding carboxylic acids is 5. The van der Waals surface area contributed by atoms with Gasteiger partial charge in [0.25, 0.3) is 0 Å². The molecule has 226 valence electrons. The first-order valence-corrected chi connectivity index (χ1v) is 13.7. The number of carbonyl (C=O) groups is 5. The lowest BCUT2D eigenvalue weighted by Crippen LogP contribution is -2.61. The fourth-order valence-electron chi connectivity index (χ4n) is 4.56. The fraction of sp³-hybridized carbons (Fsp3) is 0.433. The van der Waals surface area contributed by atoms with Crippen molar-refractivity contribution in [3.05, 3.63) is 65.7 Å². The first-order valence-electron chi connectivity index (χ1n) is 13.7. The lowest BCUT2D eigenvalue weighted by Gasteiger charge is -2.40. The normalized spacial score (nSPS) is 16.0. The SMILES string of the molecule is CN(C(=O)CNC(=O)CN1CCN(C(=O)OC(C)(C)C)C(Cc2ccc(O)cc2)C1=O)[C@@H](Cc1ccccc1)C(N)=O. The van der Waals surface area contributed by atoms with Gasteiger partial charge in [0.2, 0.25) is 23.6 Å². The number of amides is 5. The molecule has 1 fully saturated rings. The molecule has 4 N–H and O–H groups in total. The van der Waals surface area contributed by atoms with Crippen LogP contribution in [0.4, 0.5) is 4.79 Å². The molecule has 2 aromatic carbocycles. The number of hydrogen-bond acceptors (Lipinski definition) is 7. The summed E-state index contributed by atoms with van der Waals surface area (Å²) in [6.07, 6.45) is -0.266. The van der Waals surface area contributed by atoms with E-state index in [-0.39, 0.29) is 38.2 Å². The highest BCUT2D eigenvalue weighted by molar-refractivity contribution is 5.93. The number of phenols is 1. The Bertz CT molecular complexity index is 1280. The van der Waals surface area contributed by atoms with Gasteiger partial charge in [-0.25, -0.2) is 4.79 Å². The summed E-state index contributed by atoms with van der Waals surface area (Å²) in [5.74, 6) is -2.14. The van der Waals surface area contributed by atoms with Gasteiger partial charge in [-0.3, -0.25) is 24.1 Å². The highest BCUT2D eigenvalue weighted by Gasteiger charge is 2.40. The van der Waals surface area contributed by atoms with Crippen molar-refractivity contribution >= 4 is 29.7 Å². The maximum atomic E-state index is 13.5. The van der Waals surface area contributed by atoms with Crippen molar-refractivity contribution in [3.8, 4) is 5.75 Å². The average molecular weight is 582 g/mol. The number of hydrogen-bond donors (Lipinski definition) is 3. The van der Waals surface area contributed by atoms with Gasteiger partial charge in [-0.1, -0.05) is 42.5 Å². The van der Waals surface area contributed by atoms with E-state index in [0.717, 1.165) is 5.56 Å². The number of aromatic hydroxyl groups is 1. The van der Waals surface area contributed by atoms with Crippen LogP contribution in [0.1, 0.15) is 31.9 Å². The molecular formula is C30H39N5O7. The third kappa shape index (κ3) is 8.95. The molecular weight excluding hydrogens is 542 g/mol. The van der Waals surface area contributed by atoms with Crippen LogP contribution in [0.15, 0.2) is 54.6 Å². The van der Waals surface area contributed by atoms with Crippen molar-refractivity contribution in [2.75, 3.05) is 33.2 Å². The average Bonchev–Trinajstić information content (AvgIpc) is 2.92. The summed E-state index contributed by atoms with van der Waals surface area (Å²) in [6.45, 7) is 4.70. The quantitative estimate of drug-likeness (QED) is 0.378. The summed E-state index contributed by atoms with van der Waals surface area (Å²) >= 11 is 0. The van der Waals surface area contributed by atoms with Gasteiger partial charge in [-0.2, -0.15) is 0 Å². The van der Waals surface area contributed by atoms with E-state index in [9.17, 15) is 29.1 Å². The second-order valence-corrected chi connectivity index (χ2v) is 11.2. The Balaban J connectivity index is 1.63. The molecule has 1 heterocycles. The van der Waals surface area contributed by atoms with Crippen LogP contribution < -0.4 is 11.1 Å². The number of likely N-dealkylation sites (N-methyl/N-ethyl adjacent to an activating group) is 1. The lowest BCUT2D eigenvalue weighted by molar-refractivity contribution is -0.145. The molecule has 0 radical (unpaired) electrons. The second kappa shape index (κ2) is 13.8. The molecule has 1 saturated heterocycles. The van der Waals surface area contributed by atoms with Crippen LogP contribution in [0.3, 0.4) is 0 Å². The van der Waals surface area contributed by atoms with E-state index in [1.165, 1.54) is 33.9 Å². The van der Waals surface area contributed by atoms with Crippen LogP contribution in [-0.2, 0) is 36.8 Å². The molecule has 12 nitrogen and oxygen atoms in total. The summed E-state index contributed by atoms with van der Waals surface area (Å²) < 4.78 is 5.51. The molecule has 5 amide bonds. The Morgan fingerprint density at radius 3 is 2.29 bits per heavy atom. The summed E-state index contributed by atoms with van der Waals surface area (Å²) in [5, 5.41) is 12.1. The van der Waals surface area contributed by atoms with E-state index in [1.54, 1.807) is 32.9 Å². The number of benzene rings is 2. The van der Waals surface area contributed by atoms with E-state index in [0.29, 0.717) is 5.56 Å². The van der Waals surface area contributed by atoms with Gasteiger partial charge in [0.1, 0.15) is 23.4 Å². The van der Waals surface area contributed by atoms with Crippen molar-refractivity contribution in [2.24, 2.45) is 5.73 Å². The van der Waals surface area contributed by atoms with Crippen molar-refractivity contribution < 1.29 is 33.8 Å². The van der Waals surface area contributed by atoms with E-state index in [4.69, 9.17) is 10.5 Å². The maximum Gasteiger partial charge on any atom is 0.411 e. The van der Waals surface area contributed by atoms with E-state index < -0.39 is 54.0 Å². The van der Waals surface area contributed by atoms with Gasteiger partial charge in [-0.05, 0) is 44.0 Å². The van der Waals surface area contributed by atoms with Gasteiger partial charge >= 0.3 is 6.09 Å². The minimum Gasteiger partial charge on any atom is -0.508 e. The Labute approximate surface area is 245 Å². The number of rotatable bonds is 10. The zero-order chi connectivity index (χ0) is 31.0. The number of nitrogens with one attached hydrogen (secondary N) is 1. The molecule has 0 bridgehead atoms. The minimum atomic E-state index is -0.937. The number of primary amides is 1. The predicted molar refractivity (Wildman–Crippen MR) is 154 cm³/mol. The number of phenolic OH excluding ortho intramolecular Hbond substituents is 1. The van der Waals surface area contributed by atoms with Crippen LogP contribution in [-0.4, -0.2) is 100 Å². The van der Waals surface area contributed by atoms with Crippen LogP contribution in [0, 0.1) is 0 Å². The molecule has 12 heteroatoms. The molecule has 3 rings (SSSR count). The molecule has 2 aromatic rings. The van der Waals surface area contributed by atoms with Crippen molar-refractivity contribution in [1.29, 1.82) is 0 Å². The third-order valence-corrected chi connectivity index (χ3v) is 6.81. The first-order chi connectivity index (χ1) is 19.7. The summed E-state index contributed by atoms with van der Waals surface area (Å²) in [7, 11) is 1.44. The lowest BCUT2D eigenvalue weighted by atomic mass is 10.0. The maximum absolute atomic E-state index is 13.5. The molecule has 0 spiro atoms. The molecule has 2 atom stereocenters. The molecule has 1 aliphatic rings. The van der Waals surface area contributed by atoms with Crippen molar-refractivity contribution in [2.45, 2.75) is 51.3 Å². The van der Waals surface area contributed by atoms with E-state index >= 15 is 0 Å². The number of nitrogens with zero attached hydrogens (tertiary/aromatic N) is 3. The topological polar surface area (TPSA) is 163 Å². The Morgan fingerprint density at radius 1 is 1.05 bits per heavy atom. The monoisotopic (exact) mass is 581 g/mol. The number of nitrogens with two attached hydrogens (primary N) is 1. The van der Waals surface area contributed by atoms with Crippen LogP contribution in [0.2, 0.25) is 0 Å². The highest BCUT2D eigenvalue weighted by Crippen LogP contribution is 2.21. The summed E-state index contributed by atoms with van der Waals surface area (Å²) in [4.78, 5) is 68.0. The van der Waals surface area contributed by atoms with Gasteiger partial charge in [0.05, 0.1) is 13.1 Å². The van der Waals surface area contributed by atoms with Crippen LogP contribution >= 0.6 is 0 Å². The zero-order valence-electron chi connectivity index (χ0n) is 24.4. The first kappa shape index (κ1) is 31.9. The van der Waals surface area contributed by atoms with E-state index in [2.05, 4.69) is 5.32 Å². The highest BCUT2D eigenvalue weighted by atomic mass is 16.6. The molecule has 0 aromatic heterocycles. The molecule has 1 aliphatic heterocycles. The minimum absolute atomic E-state index is 0.0680. The standard InChI is InChI=1S/C30H39N5O7/c1-30(2,3)42-29(41)35-15-14-34(28(40)24(35)17-21-10-12-22(36)13-11-21)19-25(37)32-18-26(38)33(4)23(27(31)39)16-20-8-6-5-7-9-20/h5-13,23-24,36H,14-19H2,1-4H3,(H2,31,39)(H,32,37)/t23-,24?/m0/s1. The predicted octanol–water partition coefficient (Wildman–Crippen LogP) is 1.05. The molecule has 42 heavy (non-hydrogen) atoms. The Hall–Kier alpha value is -4.61. The summed E-state index contributed by atoms with van der Waals surface area (Å²) in [6, 6.07) is 13.6. The smallest absolute Gasteiger partial charge is 0.411 e. The Morgan fingerprint density at radius 2 is 1.69 bits per heavy atom. The molecule has 0 saturated carbocycles. The molecule has 1 unspecified atom stereocenters. The van der Waals surface area contributed by atoms with E-state index in [1.807, 2.05) is 30.3 Å². The van der Waals surface area contributed by atoms with Crippen molar-refractivity contribution in [1.82, 2.24) is 20.0 Å². The van der Waals surface area contributed by atoms with Gasteiger partial charge in [-0.15, -0.1) is 0 Å². The fourth-order valence-corrected chi connectivity index (χ4v) is 4.56. The summed E-state index contributed by atoms with van der Waals surface area (Å²) in [5.41, 5.74) is 6.31. The van der Waals surface area contributed by atoms with Gasteiger partial charge in [0, 0.05) is 33.0 Å². The van der Waals surface area contributed by atoms with Gasteiger partial charge < -0.3 is 30.7 Å². The second-order valence-electron chi connectivity index (χ2n) is 11.2. The largest absolute Gasteiger partial charge is 0.508 e. The third-order valence-electron chi connectivity index (χ3n) is 6.81. The van der Waals surface area contributed by atoms with Crippen LogP contribution in [0.5, 0.6) is 5.75 Å². The number of ether oxygens (including phenoxy) is 1. The Kier molecular flexibility index (Phi) is 10.5. The molecule has 0 aliphatic carbocycles. The van der Waals surface area contributed by atoms with Crippen molar-refractivity contribution in [3.63, 3.8) is 0 Å². The van der Waals surface area contributed by atoms with Gasteiger partial charge in [0.15, 0.2) is 0 Å². The number of piperazine rings is 1. The zero-order valence-corrected chi connectivity index (χ0v) is 24.4.